The molecule has 0 amide bonds. The second-order valence-corrected chi connectivity index (χ2v) is 6.42. The standard InChI is InChI=1S/C15H11BrN2O3S/c1-9-8-22-15-17-12(6-13(19)18(9)15)7-21-14(20)10-3-2-4-11(16)5-10/h2-6,8H,7H2,1H3. The summed E-state index contributed by atoms with van der Waals surface area (Å²) in [6.07, 6.45) is 0. The van der Waals surface area contributed by atoms with Crippen LogP contribution in [0.25, 0.3) is 4.96 Å². The summed E-state index contributed by atoms with van der Waals surface area (Å²) in [6.45, 7) is 1.81. The Morgan fingerprint density at radius 3 is 3.00 bits per heavy atom. The Labute approximate surface area is 138 Å². The lowest BCUT2D eigenvalue weighted by Gasteiger charge is -2.05. The SMILES string of the molecule is Cc1csc2nc(COC(=O)c3cccc(Br)c3)cc(=O)n12. The highest BCUT2D eigenvalue weighted by Gasteiger charge is 2.10. The van der Waals surface area contributed by atoms with Crippen LogP contribution >= 0.6 is 27.3 Å². The molecule has 0 radical (unpaired) electrons. The predicted molar refractivity (Wildman–Crippen MR) is 87.3 cm³/mol. The van der Waals surface area contributed by atoms with Gasteiger partial charge in [0.15, 0.2) is 4.96 Å². The average molecular weight is 379 g/mol. The Morgan fingerprint density at radius 1 is 1.41 bits per heavy atom. The minimum Gasteiger partial charge on any atom is -0.456 e. The van der Waals surface area contributed by atoms with Gasteiger partial charge in [0, 0.05) is 21.6 Å². The number of carbonyl (C=O) groups is 1. The molecule has 0 saturated carbocycles. The van der Waals surface area contributed by atoms with Crippen LogP contribution in [0.3, 0.4) is 0 Å². The lowest BCUT2D eigenvalue weighted by Crippen LogP contribution is -2.16. The van der Waals surface area contributed by atoms with Gasteiger partial charge >= 0.3 is 5.97 Å². The summed E-state index contributed by atoms with van der Waals surface area (Å²) in [5.74, 6) is -0.453. The third-order valence-electron chi connectivity index (χ3n) is 3.04. The van der Waals surface area contributed by atoms with Crippen LogP contribution in [0.4, 0.5) is 0 Å². The second kappa shape index (κ2) is 6.02. The van der Waals surface area contributed by atoms with E-state index in [1.807, 2.05) is 18.4 Å². The van der Waals surface area contributed by atoms with Gasteiger partial charge in [0.2, 0.25) is 0 Å². The van der Waals surface area contributed by atoms with E-state index < -0.39 is 5.97 Å². The maximum absolute atomic E-state index is 12.0. The Morgan fingerprint density at radius 2 is 2.23 bits per heavy atom. The molecule has 0 spiro atoms. The average Bonchev–Trinajstić information content (AvgIpc) is 2.86. The number of hydrogen-bond acceptors (Lipinski definition) is 5. The lowest BCUT2D eigenvalue weighted by molar-refractivity contribution is 0.0467. The number of aromatic nitrogens is 2. The van der Waals surface area contributed by atoms with Gasteiger partial charge in [-0.2, -0.15) is 0 Å². The predicted octanol–water partition coefficient (Wildman–Crippen LogP) is 3.18. The van der Waals surface area contributed by atoms with E-state index >= 15 is 0 Å². The number of nitrogens with zero attached hydrogens (tertiary/aromatic N) is 2. The number of aryl methyl sites for hydroxylation is 1. The molecule has 22 heavy (non-hydrogen) atoms. The van der Waals surface area contributed by atoms with Crippen LogP contribution in [0.2, 0.25) is 0 Å². The molecule has 0 aliphatic heterocycles. The Hall–Kier alpha value is -1.99. The van der Waals surface area contributed by atoms with Crippen LogP contribution in [-0.2, 0) is 11.3 Å². The smallest absolute Gasteiger partial charge is 0.338 e. The number of thiazole rings is 1. The summed E-state index contributed by atoms with van der Waals surface area (Å²) in [7, 11) is 0. The number of fused-ring (bicyclic) bond motifs is 1. The van der Waals surface area contributed by atoms with Gasteiger partial charge in [-0.1, -0.05) is 22.0 Å². The number of esters is 1. The van der Waals surface area contributed by atoms with E-state index in [-0.39, 0.29) is 12.2 Å². The van der Waals surface area contributed by atoms with Gasteiger partial charge in [-0.05, 0) is 25.1 Å². The molecule has 3 aromatic rings. The summed E-state index contributed by atoms with van der Waals surface area (Å²) in [5, 5.41) is 1.86. The summed E-state index contributed by atoms with van der Waals surface area (Å²) in [5.41, 5.74) is 1.56. The zero-order valence-electron chi connectivity index (χ0n) is 11.6. The molecule has 0 unspecified atom stereocenters. The van der Waals surface area contributed by atoms with Crippen LogP contribution in [-0.4, -0.2) is 15.4 Å². The summed E-state index contributed by atoms with van der Waals surface area (Å²) < 4.78 is 7.55. The van der Waals surface area contributed by atoms with E-state index in [2.05, 4.69) is 20.9 Å². The number of hydrogen-bond donors (Lipinski definition) is 0. The molecule has 112 valence electrons. The van der Waals surface area contributed by atoms with E-state index in [9.17, 15) is 9.59 Å². The minimum atomic E-state index is -0.453. The van der Waals surface area contributed by atoms with Gasteiger partial charge in [0.05, 0.1) is 11.3 Å². The molecule has 0 saturated heterocycles. The van der Waals surface area contributed by atoms with Crippen molar-refractivity contribution in [3.05, 3.63) is 67.5 Å². The maximum atomic E-state index is 12.0. The van der Waals surface area contributed by atoms with Crippen LogP contribution in [0.1, 0.15) is 21.7 Å². The van der Waals surface area contributed by atoms with Crippen molar-refractivity contribution in [3.8, 4) is 0 Å². The first-order valence-electron chi connectivity index (χ1n) is 6.44. The van der Waals surface area contributed by atoms with Crippen molar-refractivity contribution in [2.24, 2.45) is 0 Å². The molecule has 0 fully saturated rings. The normalized spacial score (nSPS) is 10.8. The van der Waals surface area contributed by atoms with Gasteiger partial charge in [-0.3, -0.25) is 9.20 Å². The monoisotopic (exact) mass is 378 g/mol. The largest absolute Gasteiger partial charge is 0.456 e. The molecule has 2 aromatic heterocycles. The molecule has 0 bridgehead atoms. The van der Waals surface area contributed by atoms with Crippen molar-refractivity contribution < 1.29 is 9.53 Å². The van der Waals surface area contributed by atoms with Crippen LogP contribution in [0.15, 0.2) is 45.0 Å². The third-order valence-corrected chi connectivity index (χ3v) is 4.48. The molecule has 0 N–H and O–H groups in total. The van der Waals surface area contributed by atoms with E-state index in [1.165, 1.54) is 21.8 Å². The molecule has 1 aromatic carbocycles. The highest BCUT2D eigenvalue weighted by atomic mass is 79.9. The molecular weight excluding hydrogens is 368 g/mol. The fourth-order valence-corrected chi connectivity index (χ4v) is 3.30. The quantitative estimate of drug-likeness (QED) is 0.656. The fourth-order valence-electron chi connectivity index (χ4n) is 2.01. The zero-order valence-corrected chi connectivity index (χ0v) is 14.0. The number of halogens is 1. The van der Waals surface area contributed by atoms with Crippen LogP contribution in [0.5, 0.6) is 0 Å². The number of carbonyl (C=O) groups excluding carboxylic acids is 1. The van der Waals surface area contributed by atoms with Gasteiger partial charge in [0.25, 0.3) is 5.56 Å². The van der Waals surface area contributed by atoms with Gasteiger partial charge in [-0.25, -0.2) is 9.78 Å². The topological polar surface area (TPSA) is 60.7 Å². The molecule has 0 aliphatic carbocycles. The first-order valence-corrected chi connectivity index (χ1v) is 8.11. The van der Waals surface area contributed by atoms with E-state index in [1.54, 1.807) is 18.2 Å². The Balaban J connectivity index is 1.79. The molecule has 0 aliphatic rings. The first-order chi connectivity index (χ1) is 10.5. The highest BCUT2D eigenvalue weighted by molar-refractivity contribution is 9.10. The summed E-state index contributed by atoms with van der Waals surface area (Å²) >= 11 is 4.68. The van der Waals surface area contributed by atoms with Crippen molar-refractivity contribution >= 4 is 38.2 Å². The Bertz CT molecular complexity index is 917. The molecule has 3 rings (SSSR count). The van der Waals surface area contributed by atoms with Crippen molar-refractivity contribution in [2.75, 3.05) is 0 Å². The number of ether oxygens (including phenoxy) is 1. The lowest BCUT2D eigenvalue weighted by atomic mass is 10.2. The number of benzene rings is 1. The maximum Gasteiger partial charge on any atom is 0.338 e. The van der Waals surface area contributed by atoms with E-state index in [0.29, 0.717) is 16.2 Å². The number of rotatable bonds is 3. The first kappa shape index (κ1) is 14.9. The van der Waals surface area contributed by atoms with Gasteiger partial charge < -0.3 is 4.74 Å². The van der Waals surface area contributed by atoms with Crippen molar-refractivity contribution in [1.82, 2.24) is 9.38 Å². The summed E-state index contributed by atoms with van der Waals surface area (Å²) in [4.78, 5) is 28.9. The highest BCUT2D eigenvalue weighted by Crippen LogP contribution is 2.14. The summed E-state index contributed by atoms with van der Waals surface area (Å²) in [6, 6.07) is 8.32. The fraction of sp³-hybridized carbons (Fsp3) is 0.133. The van der Waals surface area contributed by atoms with Crippen molar-refractivity contribution in [2.45, 2.75) is 13.5 Å². The molecule has 0 atom stereocenters. The Kier molecular flexibility index (Phi) is 4.08. The third kappa shape index (κ3) is 2.95. The zero-order chi connectivity index (χ0) is 15.7. The van der Waals surface area contributed by atoms with E-state index in [4.69, 9.17) is 4.74 Å². The van der Waals surface area contributed by atoms with E-state index in [0.717, 1.165) is 10.2 Å². The van der Waals surface area contributed by atoms with Crippen molar-refractivity contribution in [3.63, 3.8) is 0 Å². The van der Waals surface area contributed by atoms with Gasteiger partial charge in [-0.15, -0.1) is 11.3 Å². The van der Waals surface area contributed by atoms with Gasteiger partial charge in [0.1, 0.15) is 6.61 Å². The molecule has 5 nitrogen and oxygen atoms in total. The molecular formula is C15H11BrN2O3S. The second-order valence-electron chi connectivity index (χ2n) is 4.67. The van der Waals surface area contributed by atoms with Crippen LogP contribution < -0.4 is 5.56 Å². The minimum absolute atomic E-state index is 0.0337. The molecule has 2 heterocycles. The van der Waals surface area contributed by atoms with Crippen molar-refractivity contribution in [1.29, 1.82) is 0 Å². The van der Waals surface area contributed by atoms with Crippen LogP contribution in [0, 0.1) is 6.92 Å². The molecule has 7 heteroatoms.